The first-order chi connectivity index (χ1) is 31.5. The summed E-state index contributed by atoms with van der Waals surface area (Å²) in [4.78, 5) is 53.4. The predicted molar refractivity (Wildman–Crippen MR) is 242 cm³/mol. The highest BCUT2D eigenvalue weighted by molar-refractivity contribution is 7.45. The molecule has 0 bridgehead atoms. The van der Waals surface area contributed by atoms with E-state index in [-0.39, 0.29) is 31.1 Å². The van der Waals surface area contributed by atoms with Crippen molar-refractivity contribution in [2.75, 3.05) is 45.8 Å². The Kier molecular flexibility index (Phi) is 17.3. The minimum atomic E-state index is -4.99. The van der Waals surface area contributed by atoms with Gasteiger partial charge >= 0.3 is 5.69 Å². The van der Waals surface area contributed by atoms with E-state index in [1.807, 2.05) is 78.9 Å². The SMILES string of the molecule is CC[NH+](CC)CC.COc1ccc(C(OC[C@H]2O[C@@H](n3ccc(NC(=O)c4ccccn4)nc3=O)C[C@@H]2OP(=O)([O-])OCc2ccccn2)(c2ccccc2)c2ccc(OC)cc2)cc1. The van der Waals surface area contributed by atoms with Gasteiger partial charge in [-0.15, -0.1) is 0 Å². The number of ether oxygens (including phenoxy) is 4. The van der Waals surface area contributed by atoms with Gasteiger partial charge in [-0.05, 0) is 92.1 Å². The number of benzene rings is 3. The van der Waals surface area contributed by atoms with Gasteiger partial charge in [0.05, 0.1) is 58.9 Å². The third-order valence-electron chi connectivity index (χ3n) is 11.0. The summed E-state index contributed by atoms with van der Waals surface area (Å²) in [5, 5.41) is 2.56. The fraction of sp³-hybridized carbons (Fsp3) is 0.312. The van der Waals surface area contributed by atoms with Crippen LogP contribution in [0.3, 0.4) is 0 Å². The van der Waals surface area contributed by atoms with Gasteiger partial charge < -0.3 is 43.1 Å². The monoisotopic (exact) mass is 906 g/mol. The van der Waals surface area contributed by atoms with E-state index in [0.717, 1.165) is 16.7 Å². The van der Waals surface area contributed by atoms with Gasteiger partial charge in [-0.3, -0.25) is 23.9 Å². The molecule has 342 valence electrons. The van der Waals surface area contributed by atoms with Gasteiger partial charge in [0.1, 0.15) is 40.9 Å². The zero-order valence-corrected chi connectivity index (χ0v) is 38.0. The van der Waals surface area contributed by atoms with E-state index in [1.54, 1.807) is 49.5 Å². The second-order valence-corrected chi connectivity index (χ2v) is 16.2. The van der Waals surface area contributed by atoms with Gasteiger partial charge in [0.2, 0.25) is 0 Å². The molecule has 4 heterocycles. The van der Waals surface area contributed by atoms with Crippen LogP contribution >= 0.6 is 7.82 Å². The summed E-state index contributed by atoms with van der Waals surface area (Å²) in [7, 11) is -1.84. The molecule has 1 amide bonds. The number of nitrogens with one attached hydrogen (secondary N) is 2. The highest BCUT2D eigenvalue weighted by Crippen LogP contribution is 2.47. The number of carbonyl (C=O) groups excluding carboxylic acids is 1. The summed E-state index contributed by atoms with van der Waals surface area (Å²) < 4.78 is 49.9. The van der Waals surface area contributed by atoms with Crippen molar-refractivity contribution in [2.24, 2.45) is 0 Å². The number of hydrogen-bond acceptors (Lipinski definition) is 13. The predicted octanol–water partition coefficient (Wildman–Crippen LogP) is 5.60. The summed E-state index contributed by atoms with van der Waals surface area (Å²) in [5.74, 6) is 0.699. The highest BCUT2D eigenvalue weighted by atomic mass is 31.2. The van der Waals surface area contributed by atoms with Crippen LogP contribution in [0.25, 0.3) is 0 Å². The van der Waals surface area contributed by atoms with Crippen molar-refractivity contribution < 1.29 is 47.1 Å². The second kappa shape index (κ2) is 23.2. The van der Waals surface area contributed by atoms with Gasteiger partial charge in [0, 0.05) is 25.0 Å². The van der Waals surface area contributed by atoms with Gasteiger partial charge in [-0.1, -0.05) is 66.7 Å². The first kappa shape index (κ1) is 48.4. The number of aromatic nitrogens is 4. The Labute approximate surface area is 378 Å². The van der Waals surface area contributed by atoms with E-state index in [1.165, 1.54) is 54.9 Å². The molecule has 1 aliphatic rings. The topological polar surface area (TPSA) is 190 Å². The zero-order valence-electron chi connectivity index (χ0n) is 37.1. The van der Waals surface area contributed by atoms with Crippen molar-refractivity contribution in [3.05, 3.63) is 178 Å². The molecule has 6 aromatic rings. The molecule has 4 atom stereocenters. The third kappa shape index (κ3) is 12.6. The van der Waals surface area contributed by atoms with Gasteiger partial charge in [0.15, 0.2) is 0 Å². The molecule has 3 aromatic heterocycles. The number of methoxy groups -OCH3 is 2. The summed E-state index contributed by atoms with van der Waals surface area (Å²) >= 11 is 0. The first-order valence-electron chi connectivity index (χ1n) is 21.3. The molecule has 0 spiro atoms. The normalized spacial score (nSPS) is 16.8. The van der Waals surface area contributed by atoms with Gasteiger partial charge in [-0.25, -0.2) is 4.79 Å². The average molecular weight is 907 g/mol. The fourth-order valence-corrected chi connectivity index (χ4v) is 8.27. The number of hydrogen-bond donors (Lipinski definition) is 2. The molecule has 16 nitrogen and oxygen atoms in total. The number of nitrogens with zero attached hydrogens (tertiary/aromatic N) is 4. The molecule has 1 unspecified atom stereocenters. The first-order valence-corrected chi connectivity index (χ1v) is 22.8. The number of amides is 1. The van der Waals surface area contributed by atoms with E-state index >= 15 is 0 Å². The molecule has 2 N–H and O–H groups in total. The second-order valence-electron chi connectivity index (χ2n) is 14.8. The lowest BCUT2D eigenvalue weighted by atomic mass is 9.80. The molecule has 7 rings (SSSR count). The van der Waals surface area contributed by atoms with Crippen LogP contribution in [0.4, 0.5) is 5.82 Å². The minimum absolute atomic E-state index is 0.0128. The van der Waals surface area contributed by atoms with Crippen LogP contribution in [-0.2, 0) is 35.3 Å². The van der Waals surface area contributed by atoms with E-state index in [0.29, 0.717) is 17.2 Å². The van der Waals surface area contributed by atoms with Crippen LogP contribution in [-0.4, -0.2) is 78.1 Å². The third-order valence-corrected chi connectivity index (χ3v) is 11.9. The Balaban J connectivity index is 0.000000925. The van der Waals surface area contributed by atoms with Crippen molar-refractivity contribution in [3.8, 4) is 11.5 Å². The summed E-state index contributed by atoms with van der Waals surface area (Å²) in [6.07, 6.45) is 0.961. The molecule has 0 aliphatic carbocycles. The molecular weight excluding hydrogens is 852 g/mol. The Morgan fingerprint density at radius 2 is 1.40 bits per heavy atom. The standard InChI is InChI=1S/C42H40N5O10P.C6H15N/c1-52-33-18-14-30(15-19-33)42(29-10-4-3-5-11-29,31-16-20-34(53-2)21-17-31)54-28-37-36(57-58(50,51)55-27-32-12-6-8-23-43-32)26-39(56-37)47-25-22-38(46-41(47)49)45-40(48)35-13-7-9-24-44-35;1-4-7(5-2)6-3/h3-25,36-37,39H,26-28H2,1-2H3,(H,50,51)(H,45,46,48,49);4-6H2,1-3H3/t36-,37+,39+;/m0./s1. The number of quaternary nitrogens is 1. The van der Waals surface area contributed by atoms with Gasteiger partial charge in [0.25, 0.3) is 13.7 Å². The van der Waals surface area contributed by atoms with E-state index in [9.17, 15) is 19.0 Å². The molecule has 65 heavy (non-hydrogen) atoms. The van der Waals surface area contributed by atoms with E-state index in [4.69, 9.17) is 28.0 Å². The Hall–Kier alpha value is -6.10. The highest BCUT2D eigenvalue weighted by Gasteiger charge is 2.44. The summed E-state index contributed by atoms with van der Waals surface area (Å²) in [5.41, 5.74) is 0.682. The lowest BCUT2D eigenvalue weighted by Gasteiger charge is -2.37. The summed E-state index contributed by atoms with van der Waals surface area (Å²) in [6, 6.07) is 35.7. The number of anilines is 1. The molecular formula is C48H55N6O10P. The molecule has 1 saturated heterocycles. The minimum Gasteiger partial charge on any atom is -0.756 e. The molecule has 3 aromatic carbocycles. The molecule has 0 saturated carbocycles. The van der Waals surface area contributed by atoms with Crippen molar-refractivity contribution >= 4 is 19.5 Å². The fourth-order valence-electron chi connectivity index (χ4n) is 7.37. The molecule has 1 aliphatic heterocycles. The number of phosphoric acid groups is 1. The summed E-state index contributed by atoms with van der Waals surface area (Å²) in [6.45, 7) is 9.90. The van der Waals surface area contributed by atoms with E-state index < -0.39 is 43.5 Å². The van der Waals surface area contributed by atoms with Crippen molar-refractivity contribution in [3.63, 3.8) is 0 Å². The maximum Gasteiger partial charge on any atom is 0.351 e. The van der Waals surface area contributed by atoms with Crippen molar-refractivity contribution in [2.45, 2.75) is 57.8 Å². The lowest BCUT2D eigenvalue weighted by Crippen LogP contribution is -3.11. The number of rotatable bonds is 19. The van der Waals surface area contributed by atoms with E-state index in [2.05, 4.69) is 41.0 Å². The quantitative estimate of drug-likeness (QED) is 0.0756. The lowest BCUT2D eigenvalue weighted by molar-refractivity contribution is -0.894. The average Bonchev–Trinajstić information content (AvgIpc) is 3.74. The maximum absolute atomic E-state index is 13.4. The molecule has 1 fully saturated rings. The van der Waals surface area contributed by atoms with Crippen LogP contribution < -0.4 is 30.3 Å². The maximum atomic E-state index is 13.4. The van der Waals surface area contributed by atoms with Crippen LogP contribution in [0.15, 0.2) is 145 Å². The van der Waals surface area contributed by atoms with Crippen LogP contribution in [0.5, 0.6) is 11.5 Å². The largest absolute Gasteiger partial charge is 0.756 e. The molecule has 17 heteroatoms. The van der Waals surface area contributed by atoms with Crippen molar-refractivity contribution in [1.29, 1.82) is 0 Å². The zero-order chi connectivity index (χ0) is 46.2. The molecule has 0 radical (unpaired) electrons. The number of pyridine rings is 2. The van der Waals surface area contributed by atoms with Gasteiger partial charge in [-0.2, -0.15) is 4.98 Å². The Bertz CT molecular complexity index is 2440. The van der Waals surface area contributed by atoms with Crippen LogP contribution in [0, 0.1) is 0 Å². The van der Waals surface area contributed by atoms with Crippen molar-refractivity contribution in [1.82, 2.24) is 19.5 Å². The number of carbonyl (C=O) groups is 1. The van der Waals surface area contributed by atoms with Crippen LogP contribution in [0.1, 0.15) is 66.3 Å². The number of phosphoric ester groups is 1. The Morgan fingerprint density at radius 3 is 1.92 bits per heavy atom. The Morgan fingerprint density at radius 1 is 0.815 bits per heavy atom. The smallest absolute Gasteiger partial charge is 0.351 e. The van der Waals surface area contributed by atoms with Crippen LogP contribution in [0.2, 0.25) is 0 Å².